The first-order valence-corrected chi connectivity index (χ1v) is 11.8. The number of nitrogens with zero attached hydrogens (tertiary/aromatic N) is 3. The van der Waals surface area contributed by atoms with Crippen molar-refractivity contribution < 1.29 is 23.5 Å². The Balaban J connectivity index is 1.24. The highest BCUT2D eigenvalue weighted by molar-refractivity contribution is 5.79. The van der Waals surface area contributed by atoms with Gasteiger partial charge < -0.3 is 19.3 Å². The van der Waals surface area contributed by atoms with Crippen molar-refractivity contribution in [3.8, 4) is 0 Å². The van der Waals surface area contributed by atoms with Gasteiger partial charge >= 0.3 is 12.1 Å². The molecule has 0 radical (unpaired) electrons. The highest BCUT2D eigenvalue weighted by Crippen LogP contribution is 2.44. The number of esters is 1. The van der Waals surface area contributed by atoms with Crippen LogP contribution in [0, 0.1) is 11.2 Å². The van der Waals surface area contributed by atoms with Gasteiger partial charge in [0, 0.05) is 57.4 Å². The molecule has 3 aliphatic rings. The first kappa shape index (κ1) is 22.8. The van der Waals surface area contributed by atoms with Gasteiger partial charge in [-0.2, -0.15) is 0 Å². The highest BCUT2D eigenvalue weighted by Gasteiger charge is 2.50. The Morgan fingerprint density at radius 3 is 2.56 bits per heavy atom. The van der Waals surface area contributed by atoms with Crippen molar-refractivity contribution in [1.29, 1.82) is 0 Å². The number of amides is 1. The van der Waals surface area contributed by atoms with Crippen molar-refractivity contribution in [1.82, 2.24) is 9.80 Å². The van der Waals surface area contributed by atoms with Crippen molar-refractivity contribution in [2.75, 3.05) is 50.8 Å². The van der Waals surface area contributed by atoms with E-state index in [9.17, 15) is 14.0 Å². The number of hydrogen-bond donors (Lipinski definition) is 0. The van der Waals surface area contributed by atoms with Crippen LogP contribution >= 0.6 is 0 Å². The Kier molecular flexibility index (Phi) is 6.88. The molecule has 2 atom stereocenters. The Bertz CT molecular complexity index is 810. The predicted octanol–water partition coefficient (Wildman–Crippen LogP) is 3.28. The van der Waals surface area contributed by atoms with Crippen LogP contribution in [0.5, 0.6) is 0 Å². The van der Waals surface area contributed by atoms with Gasteiger partial charge in [-0.25, -0.2) is 9.18 Å². The standard InChI is InChI=1S/C24H34FN3O4/c1-3-31-23(30)27-12-9-24(10-13-27)16-21(32-22(24)29)8-11-26-14-15-28(18(2)17-26)20-6-4-19(25)5-7-20/h4-7,18,21H,3,8-17H2,1-2H3/t18-,21+/m1/s1. The summed E-state index contributed by atoms with van der Waals surface area (Å²) in [6.07, 6.45) is 2.52. The number of carbonyl (C=O) groups excluding carboxylic acids is 2. The summed E-state index contributed by atoms with van der Waals surface area (Å²) in [5.41, 5.74) is 0.613. The third kappa shape index (κ3) is 4.85. The number of anilines is 1. The molecule has 32 heavy (non-hydrogen) atoms. The first-order valence-electron chi connectivity index (χ1n) is 11.8. The van der Waals surface area contributed by atoms with Crippen molar-refractivity contribution in [2.45, 2.75) is 51.7 Å². The summed E-state index contributed by atoms with van der Waals surface area (Å²) in [6, 6.07) is 7.03. The molecule has 3 fully saturated rings. The number of halogens is 1. The van der Waals surface area contributed by atoms with Crippen LogP contribution in [0.4, 0.5) is 14.9 Å². The molecule has 0 aromatic heterocycles. The molecule has 3 saturated heterocycles. The van der Waals surface area contributed by atoms with E-state index in [-0.39, 0.29) is 24.0 Å². The molecular weight excluding hydrogens is 413 g/mol. The summed E-state index contributed by atoms with van der Waals surface area (Å²) in [7, 11) is 0. The van der Waals surface area contributed by atoms with E-state index < -0.39 is 5.41 Å². The largest absolute Gasteiger partial charge is 0.462 e. The molecule has 3 aliphatic heterocycles. The van der Waals surface area contributed by atoms with Gasteiger partial charge in [0.25, 0.3) is 0 Å². The minimum Gasteiger partial charge on any atom is -0.462 e. The van der Waals surface area contributed by atoms with E-state index in [4.69, 9.17) is 9.47 Å². The summed E-state index contributed by atoms with van der Waals surface area (Å²) >= 11 is 0. The van der Waals surface area contributed by atoms with Gasteiger partial charge in [0.15, 0.2) is 0 Å². The van der Waals surface area contributed by atoms with E-state index in [2.05, 4.69) is 16.7 Å². The van der Waals surface area contributed by atoms with Crippen LogP contribution in [0.2, 0.25) is 0 Å². The van der Waals surface area contributed by atoms with E-state index in [0.29, 0.717) is 38.6 Å². The SMILES string of the molecule is CCOC(=O)N1CCC2(CC1)C[C@H](CCN1CCN(c3ccc(F)cc3)[C@H](C)C1)OC2=O. The van der Waals surface area contributed by atoms with Crippen LogP contribution in [-0.4, -0.2) is 79.9 Å². The number of hydrogen-bond acceptors (Lipinski definition) is 6. The second-order valence-corrected chi connectivity index (χ2v) is 9.31. The number of ether oxygens (including phenoxy) is 2. The molecule has 8 heteroatoms. The van der Waals surface area contributed by atoms with Crippen LogP contribution < -0.4 is 4.90 Å². The van der Waals surface area contributed by atoms with Gasteiger partial charge in [-0.05, 0) is 57.4 Å². The number of carbonyl (C=O) groups is 2. The Morgan fingerprint density at radius 2 is 1.91 bits per heavy atom. The predicted molar refractivity (Wildman–Crippen MR) is 119 cm³/mol. The van der Waals surface area contributed by atoms with E-state index in [1.165, 1.54) is 12.1 Å². The maximum atomic E-state index is 13.2. The molecule has 1 aromatic rings. The summed E-state index contributed by atoms with van der Waals surface area (Å²) in [6.45, 7) is 9.09. The number of piperazine rings is 1. The van der Waals surface area contributed by atoms with Gasteiger partial charge in [-0.15, -0.1) is 0 Å². The molecule has 0 N–H and O–H groups in total. The van der Waals surface area contributed by atoms with E-state index in [0.717, 1.165) is 44.7 Å². The lowest BCUT2D eigenvalue weighted by atomic mass is 9.76. The second-order valence-electron chi connectivity index (χ2n) is 9.31. The molecular formula is C24H34FN3O4. The number of rotatable bonds is 5. The molecule has 0 saturated carbocycles. The zero-order chi connectivity index (χ0) is 22.7. The molecule has 4 rings (SSSR count). The molecule has 7 nitrogen and oxygen atoms in total. The van der Waals surface area contributed by atoms with Crippen molar-refractivity contribution in [3.63, 3.8) is 0 Å². The minimum atomic E-state index is -0.442. The topological polar surface area (TPSA) is 62.3 Å². The molecule has 1 aromatic carbocycles. The summed E-state index contributed by atoms with van der Waals surface area (Å²) in [5, 5.41) is 0. The van der Waals surface area contributed by atoms with Crippen LogP contribution in [0.25, 0.3) is 0 Å². The molecule has 0 unspecified atom stereocenters. The third-order valence-corrected chi connectivity index (χ3v) is 7.21. The van der Waals surface area contributed by atoms with Crippen LogP contribution in [0.15, 0.2) is 24.3 Å². The molecule has 0 bridgehead atoms. The Hall–Kier alpha value is -2.35. The van der Waals surface area contributed by atoms with E-state index in [1.54, 1.807) is 11.8 Å². The molecule has 1 spiro atoms. The van der Waals surface area contributed by atoms with Crippen LogP contribution in [-0.2, 0) is 14.3 Å². The molecule has 0 aliphatic carbocycles. The fraction of sp³-hybridized carbons (Fsp3) is 0.667. The normalized spacial score (nSPS) is 25.8. The Labute approximate surface area is 189 Å². The van der Waals surface area contributed by atoms with E-state index in [1.807, 2.05) is 12.1 Å². The maximum absolute atomic E-state index is 13.2. The fourth-order valence-electron chi connectivity index (χ4n) is 5.32. The maximum Gasteiger partial charge on any atom is 0.409 e. The Morgan fingerprint density at radius 1 is 1.19 bits per heavy atom. The summed E-state index contributed by atoms with van der Waals surface area (Å²) in [4.78, 5) is 31.1. The zero-order valence-corrected chi connectivity index (χ0v) is 19.1. The lowest BCUT2D eigenvalue weighted by molar-refractivity contribution is -0.150. The summed E-state index contributed by atoms with van der Waals surface area (Å²) < 4.78 is 24.1. The minimum absolute atomic E-state index is 0.0536. The molecule has 176 valence electrons. The van der Waals surface area contributed by atoms with Gasteiger partial charge in [-0.3, -0.25) is 9.69 Å². The van der Waals surface area contributed by atoms with Gasteiger partial charge in [-0.1, -0.05) is 0 Å². The number of likely N-dealkylation sites (tertiary alicyclic amines) is 1. The first-order chi connectivity index (χ1) is 15.4. The number of benzene rings is 1. The lowest BCUT2D eigenvalue weighted by Crippen LogP contribution is -2.52. The lowest BCUT2D eigenvalue weighted by Gasteiger charge is -2.41. The zero-order valence-electron chi connectivity index (χ0n) is 19.1. The summed E-state index contributed by atoms with van der Waals surface area (Å²) in [5.74, 6) is -0.309. The van der Waals surface area contributed by atoms with Crippen LogP contribution in [0.3, 0.4) is 0 Å². The smallest absolute Gasteiger partial charge is 0.409 e. The van der Waals surface area contributed by atoms with E-state index >= 15 is 0 Å². The quantitative estimate of drug-likeness (QED) is 0.646. The molecule has 1 amide bonds. The second kappa shape index (κ2) is 9.65. The third-order valence-electron chi connectivity index (χ3n) is 7.21. The van der Waals surface area contributed by atoms with Crippen molar-refractivity contribution in [3.05, 3.63) is 30.1 Å². The van der Waals surface area contributed by atoms with Crippen molar-refractivity contribution >= 4 is 17.7 Å². The van der Waals surface area contributed by atoms with Crippen LogP contribution in [0.1, 0.15) is 39.5 Å². The monoisotopic (exact) mass is 447 g/mol. The molecule has 3 heterocycles. The van der Waals surface area contributed by atoms with Gasteiger partial charge in [0.05, 0.1) is 12.0 Å². The van der Waals surface area contributed by atoms with Crippen molar-refractivity contribution in [2.24, 2.45) is 5.41 Å². The van der Waals surface area contributed by atoms with Gasteiger partial charge in [0.2, 0.25) is 0 Å². The average Bonchev–Trinajstić information content (AvgIpc) is 3.08. The average molecular weight is 448 g/mol. The number of piperidine rings is 1. The number of cyclic esters (lactones) is 1. The fourth-order valence-corrected chi connectivity index (χ4v) is 5.32. The van der Waals surface area contributed by atoms with Gasteiger partial charge in [0.1, 0.15) is 11.9 Å². The highest BCUT2D eigenvalue weighted by atomic mass is 19.1.